The number of hydrogen-bond acceptors (Lipinski definition) is 7. The third kappa shape index (κ3) is 9.02. The molecule has 1 atom stereocenters. The summed E-state index contributed by atoms with van der Waals surface area (Å²) in [5.74, 6) is -0.00793. The highest BCUT2D eigenvalue weighted by atomic mass is 79.9. The van der Waals surface area contributed by atoms with Gasteiger partial charge in [-0.05, 0) is 176 Å². The Balaban J connectivity index is 0.000000123. The van der Waals surface area contributed by atoms with E-state index in [1.165, 1.54) is 22.4 Å². The largest absolute Gasteiger partial charge is 0.314 e. The van der Waals surface area contributed by atoms with Crippen LogP contribution in [0.5, 0.6) is 0 Å². The van der Waals surface area contributed by atoms with Gasteiger partial charge in [0, 0.05) is 79.9 Å². The molecule has 0 radical (unpaired) electrons. The van der Waals surface area contributed by atoms with Crippen molar-refractivity contribution in [2.24, 2.45) is 0 Å². The van der Waals surface area contributed by atoms with Crippen LogP contribution in [0, 0.1) is 0 Å². The number of fused-ring (bicyclic) bond motifs is 6. The number of nitrogens with one attached hydrogen (secondary N) is 1. The van der Waals surface area contributed by atoms with Crippen LogP contribution in [0.2, 0.25) is 15.1 Å². The maximum Gasteiger partial charge on any atom is 0.211 e. The first-order chi connectivity index (χ1) is 28.1. The number of benzene rings is 3. The summed E-state index contributed by atoms with van der Waals surface area (Å²) in [6.07, 6.45) is 10.6. The molecular formula is C46H38Br2Cl3N5O2. The topological polar surface area (TPSA) is 88.1 Å². The van der Waals surface area contributed by atoms with Crippen LogP contribution in [0.1, 0.15) is 82.8 Å². The molecule has 294 valence electrons. The van der Waals surface area contributed by atoms with E-state index in [9.17, 15) is 9.59 Å². The van der Waals surface area contributed by atoms with Crippen molar-refractivity contribution >= 4 is 78.2 Å². The Morgan fingerprint density at radius 2 is 1.09 bits per heavy atom. The highest BCUT2D eigenvalue weighted by Crippen LogP contribution is 2.38. The van der Waals surface area contributed by atoms with Gasteiger partial charge in [0.25, 0.3) is 0 Å². The van der Waals surface area contributed by atoms with Crippen LogP contribution < -0.4 is 5.32 Å². The van der Waals surface area contributed by atoms with Gasteiger partial charge in [0.15, 0.2) is 0 Å². The van der Waals surface area contributed by atoms with Gasteiger partial charge >= 0.3 is 0 Å². The van der Waals surface area contributed by atoms with Gasteiger partial charge in [-0.2, -0.15) is 0 Å². The highest BCUT2D eigenvalue weighted by Gasteiger charge is 2.31. The first-order valence-corrected chi connectivity index (χ1v) is 22.0. The van der Waals surface area contributed by atoms with E-state index >= 15 is 0 Å². The zero-order valence-electron chi connectivity index (χ0n) is 31.4. The maximum atomic E-state index is 12.4. The van der Waals surface area contributed by atoms with Crippen molar-refractivity contribution in [1.29, 1.82) is 0 Å². The third-order valence-corrected chi connectivity index (χ3v) is 12.6. The van der Waals surface area contributed by atoms with Crippen molar-refractivity contribution in [2.45, 2.75) is 44.6 Å². The van der Waals surface area contributed by atoms with Crippen LogP contribution in [0.15, 0.2) is 106 Å². The minimum Gasteiger partial charge on any atom is -0.314 e. The van der Waals surface area contributed by atoms with Gasteiger partial charge in [-0.15, -0.1) is 0 Å². The number of ketones is 2. The lowest BCUT2D eigenvalue weighted by molar-refractivity contribution is 0.102. The summed E-state index contributed by atoms with van der Waals surface area (Å²) in [5.41, 5.74) is 11.9. The fourth-order valence-corrected chi connectivity index (χ4v) is 9.56. The Morgan fingerprint density at radius 3 is 1.76 bits per heavy atom. The molecule has 12 heteroatoms. The molecule has 1 aliphatic heterocycles. The van der Waals surface area contributed by atoms with Crippen LogP contribution in [-0.4, -0.2) is 57.6 Å². The fourth-order valence-electron chi connectivity index (χ4n) is 8.22. The Hall–Kier alpha value is -3.80. The average Bonchev–Trinajstić information content (AvgIpc) is 3.54. The molecule has 0 bridgehead atoms. The van der Waals surface area contributed by atoms with Crippen LogP contribution >= 0.6 is 66.7 Å². The van der Waals surface area contributed by atoms with E-state index in [0.29, 0.717) is 27.0 Å². The molecule has 58 heavy (non-hydrogen) atoms. The van der Waals surface area contributed by atoms with E-state index in [2.05, 4.69) is 70.2 Å². The van der Waals surface area contributed by atoms with Gasteiger partial charge in [0.05, 0.1) is 11.7 Å². The standard InChI is InChI=1S/C18H19BrClN3.C14H9BrClNO.C14H10ClNO/c19-14-9-13-2-1-12-10-15(20)3-4-16(12)18(17(13)22-11-14)23-7-5-21-6-8-23;15-10-5-9-2-1-8-6-11(16)3-4-12(8)14(18)13(9)17-7-10;15-11-5-6-12-10(8-11)4-3-9-2-1-7-16-13(9)14(12)17/h3-4,9-11,18,21H,1-2,5-8H2;3-7H,1-2H2;1-2,5-8H,3-4H2. The molecule has 4 aliphatic rings. The molecular weight excluding hydrogens is 921 g/mol. The summed E-state index contributed by atoms with van der Waals surface area (Å²) in [4.78, 5) is 40.6. The maximum absolute atomic E-state index is 12.4. The third-order valence-electron chi connectivity index (χ3n) is 11.0. The number of nitrogens with zero attached hydrogens (tertiary/aromatic N) is 4. The first kappa shape index (κ1) is 41.0. The lowest BCUT2D eigenvalue weighted by atomic mass is 9.96. The van der Waals surface area contributed by atoms with Crippen molar-refractivity contribution in [3.8, 4) is 0 Å². The van der Waals surface area contributed by atoms with Crippen LogP contribution in [0.25, 0.3) is 0 Å². The average molecular weight is 959 g/mol. The van der Waals surface area contributed by atoms with Crippen LogP contribution in [0.3, 0.4) is 0 Å². The molecule has 0 amide bonds. The van der Waals surface area contributed by atoms with Crippen molar-refractivity contribution < 1.29 is 9.59 Å². The number of pyridine rings is 3. The molecule has 10 rings (SSSR count). The molecule has 1 saturated heterocycles. The Morgan fingerprint density at radius 1 is 0.569 bits per heavy atom. The predicted octanol–water partition coefficient (Wildman–Crippen LogP) is 10.5. The van der Waals surface area contributed by atoms with E-state index in [1.54, 1.807) is 36.7 Å². The second kappa shape index (κ2) is 18.2. The molecule has 0 saturated carbocycles. The van der Waals surface area contributed by atoms with Gasteiger partial charge in [0.1, 0.15) is 11.4 Å². The van der Waals surface area contributed by atoms with Gasteiger partial charge in [-0.1, -0.05) is 46.9 Å². The number of rotatable bonds is 1. The van der Waals surface area contributed by atoms with E-state index in [0.717, 1.165) is 106 Å². The summed E-state index contributed by atoms with van der Waals surface area (Å²) in [6.45, 7) is 4.16. The number of hydrogen-bond donors (Lipinski definition) is 1. The predicted molar refractivity (Wildman–Crippen MR) is 238 cm³/mol. The first-order valence-electron chi connectivity index (χ1n) is 19.2. The Bertz CT molecular complexity index is 2440. The van der Waals surface area contributed by atoms with Crippen LogP contribution in [-0.2, 0) is 38.5 Å². The summed E-state index contributed by atoms with van der Waals surface area (Å²) < 4.78 is 1.96. The van der Waals surface area contributed by atoms with Gasteiger partial charge in [-0.3, -0.25) is 29.4 Å². The lowest BCUT2D eigenvalue weighted by Crippen LogP contribution is -2.45. The fraction of sp³-hybridized carbons (Fsp3) is 0.239. The molecule has 1 unspecified atom stereocenters. The highest BCUT2D eigenvalue weighted by molar-refractivity contribution is 9.10. The van der Waals surface area contributed by atoms with E-state index in [4.69, 9.17) is 39.8 Å². The van der Waals surface area contributed by atoms with Crippen molar-refractivity contribution in [3.63, 3.8) is 0 Å². The minimum atomic E-state index is -0.0123. The zero-order valence-corrected chi connectivity index (χ0v) is 36.8. The SMILES string of the molecule is Clc1ccc2c(c1)CCc1cc(Br)cnc1C2N1CCNCC1.O=C1c2ccc(Cl)cc2CCc2cc(Br)cnc21.O=C1c2ccc(Cl)cc2CCc2cccnc21. The molecule has 3 aromatic carbocycles. The number of aryl methyl sites for hydroxylation is 6. The van der Waals surface area contributed by atoms with E-state index in [-0.39, 0.29) is 17.6 Å². The van der Waals surface area contributed by atoms with Crippen molar-refractivity contribution in [1.82, 2.24) is 25.2 Å². The Labute approximate surface area is 369 Å². The minimum absolute atomic E-state index is 0.00441. The molecule has 3 aliphatic carbocycles. The summed E-state index contributed by atoms with van der Waals surface area (Å²) in [6, 6.07) is 25.4. The summed E-state index contributed by atoms with van der Waals surface area (Å²) in [5, 5.41) is 5.61. The van der Waals surface area contributed by atoms with Crippen molar-refractivity contribution in [2.75, 3.05) is 26.2 Å². The molecule has 7 nitrogen and oxygen atoms in total. The number of aromatic nitrogens is 3. The summed E-state index contributed by atoms with van der Waals surface area (Å²) >= 11 is 25.2. The molecule has 1 fully saturated rings. The van der Waals surface area contributed by atoms with Gasteiger partial charge in [0.2, 0.25) is 11.6 Å². The molecule has 1 N–H and O–H groups in total. The van der Waals surface area contributed by atoms with Crippen molar-refractivity contribution in [3.05, 3.63) is 189 Å². The number of carbonyl (C=O) groups excluding carboxylic acids is 2. The van der Waals surface area contributed by atoms with Gasteiger partial charge < -0.3 is 5.32 Å². The number of carbonyl (C=O) groups is 2. The van der Waals surface area contributed by atoms with E-state index < -0.39 is 0 Å². The second-order valence-corrected chi connectivity index (χ2v) is 17.8. The number of halogens is 5. The lowest BCUT2D eigenvalue weighted by Gasteiger charge is -2.35. The monoisotopic (exact) mass is 955 g/mol. The molecule has 6 aromatic rings. The van der Waals surface area contributed by atoms with E-state index in [1.807, 2.05) is 42.6 Å². The van der Waals surface area contributed by atoms with Gasteiger partial charge in [-0.25, -0.2) is 0 Å². The smallest absolute Gasteiger partial charge is 0.211 e. The zero-order chi connectivity index (χ0) is 40.3. The Kier molecular flexibility index (Phi) is 12.9. The quantitative estimate of drug-likeness (QED) is 0.176. The molecule has 0 spiro atoms. The van der Waals surface area contributed by atoms with Crippen LogP contribution in [0.4, 0.5) is 0 Å². The molecule has 4 heterocycles. The second-order valence-electron chi connectivity index (χ2n) is 14.7. The summed E-state index contributed by atoms with van der Waals surface area (Å²) in [7, 11) is 0. The normalized spacial score (nSPS) is 16.8. The molecule has 3 aromatic heterocycles. The number of piperazine rings is 1.